The van der Waals surface area contributed by atoms with E-state index in [0.717, 1.165) is 22.3 Å². The van der Waals surface area contributed by atoms with E-state index >= 15 is 0 Å². The molecule has 0 unspecified atom stereocenters. The highest BCUT2D eigenvalue weighted by molar-refractivity contribution is 7.99. The minimum Gasteiger partial charge on any atom is -0.324 e. The van der Waals surface area contributed by atoms with Gasteiger partial charge in [0.15, 0.2) is 0 Å². The quantitative estimate of drug-likeness (QED) is 0.780. The Morgan fingerprint density at radius 1 is 1.40 bits per heavy atom. The fourth-order valence-electron chi connectivity index (χ4n) is 1.19. The normalized spacial score (nSPS) is 13.1. The minimum atomic E-state index is 0.0949. The molecule has 2 N–H and O–H groups in total. The van der Waals surface area contributed by atoms with Gasteiger partial charge in [0, 0.05) is 12.2 Å². The SMILES string of the molecule is CC(C)CCSc1cc([C@H](C)N)ccn1. The highest BCUT2D eigenvalue weighted by Crippen LogP contribution is 2.20. The Morgan fingerprint density at radius 3 is 2.73 bits per heavy atom. The van der Waals surface area contributed by atoms with E-state index in [1.165, 1.54) is 6.42 Å². The molecule has 1 atom stereocenters. The molecule has 3 heteroatoms. The summed E-state index contributed by atoms with van der Waals surface area (Å²) in [5, 5.41) is 1.09. The van der Waals surface area contributed by atoms with Crippen LogP contribution in [0.4, 0.5) is 0 Å². The van der Waals surface area contributed by atoms with Crippen LogP contribution in [0.5, 0.6) is 0 Å². The molecule has 0 aliphatic rings. The third kappa shape index (κ3) is 4.67. The molecular weight excluding hydrogens is 204 g/mol. The van der Waals surface area contributed by atoms with Crippen molar-refractivity contribution in [1.82, 2.24) is 4.98 Å². The number of hydrogen-bond acceptors (Lipinski definition) is 3. The lowest BCUT2D eigenvalue weighted by Crippen LogP contribution is -2.05. The van der Waals surface area contributed by atoms with Crippen LogP contribution in [0.25, 0.3) is 0 Å². The van der Waals surface area contributed by atoms with E-state index in [-0.39, 0.29) is 6.04 Å². The molecule has 1 aromatic heterocycles. The van der Waals surface area contributed by atoms with Gasteiger partial charge < -0.3 is 5.73 Å². The van der Waals surface area contributed by atoms with Gasteiger partial charge in [-0.2, -0.15) is 0 Å². The smallest absolute Gasteiger partial charge is 0.0963 e. The van der Waals surface area contributed by atoms with Gasteiger partial charge in [-0.15, -0.1) is 11.8 Å². The third-order valence-electron chi connectivity index (χ3n) is 2.23. The van der Waals surface area contributed by atoms with Gasteiger partial charge in [-0.3, -0.25) is 0 Å². The van der Waals surface area contributed by atoms with Crippen LogP contribution < -0.4 is 5.73 Å². The maximum Gasteiger partial charge on any atom is 0.0963 e. The standard InChI is InChI=1S/C12H20N2S/c1-9(2)5-7-15-12-8-11(10(3)13)4-6-14-12/h4,6,8-10H,5,7,13H2,1-3H3/t10-/m0/s1. The maximum atomic E-state index is 5.82. The highest BCUT2D eigenvalue weighted by Gasteiger charge is 2.02. The Labute approximate surface area is 96.7 Å². The van der Waals surface area contributed by atoms with Crippen LogP contribution in [-0.2, 0) is 0 Å². The van der Waals surface area contributed by atoms with Gasteiger partial charge in [-0.25, -0.2) is 4.98 Å². The van der Waals surface area contributed by atoms with Gasteiger partial charge >= 0.3 is 0 Å². The Bertz CT molecular complexity index is 297. The Hall–Kier alpha value is -0.540. The number of rotatable bonds is 5. The molecule has 0 radical (unpaired) electrons. The van der Waals surface area contributed by atoms with E-state index in [9.17, 15) is 0 Å². The van der Waals surface area contributed by atoms with Crippen molar-refractivity contribution in [2.24, 2.45) is 11.7 Å². The van der Waals surface area contributed by atoms with Crippen LogP contribution >= 0.6 is 11.8 Å². The number of nitrogens with two attached hydrogens (primary N) is 1. The van der Waals surface area contributed by atoms with Crippen molar-refractivity contribution in [3.05, 3.63) is 23.9 Å². The van der Waals surface area contributed by atoms with Crippen LogP contribution in [0.15, 0.2) is 23.4 Å². The predicted octanol–water partition coefficient (Wildman–Crippen LogP) is 3.24. The summed E-state index contributed by atoms with van der Waals surface area (Å²) in [5.41, 5.74) is 6.99. The summed E-state index contributed by atoms with van der Waals surface area (Å²) in [4.78, 5) is 4.33. The molecule has 0 spiro atoms. The molecule has 0 bridgehead atoms. The zero-order valence-corrected chi connectivity index (χ0v) is 10.6. The second-order valence-electron chi connectivity index (χ2n) is 4.25. The molecule has 0 fully saturated rings. The van der Waals surface area contributed by atoms with Gasteiger partial charge in [0.2, 0.25) is 0 Å². The van der Waals surface area contributed by atoms with Crippen molar-refractivity contribution in [3.8, 4) is 0 Å². The van der Waals surface area contributed by atoms with E-state index in [4.69, 9.17) is 5.73 Å². The molecule has 1 rings (SSSR count). The van der Waals surface area contributed by atoms with Crippen LogP contribution in [0.3, 0.4) is 0 Å². The van der Waals surface area contributed by atoms with Crippen LogP contribution in [0.2, 0.25) is 0 Å². The second kappa shape index (κ2) is 6.13. The van der Waals surface area contributed by atoms with E-state index in [0.29, 0.717) is 0 Å². The predicted molar refractivity (Wildman–Crippen MR) is 67.0 cm³/mol. The fourth-order valence-corrected chi connectivity index (χ4v) is 2.34. The van der Waals surface area contributed by atoms with Crippen molar-refractivity contribution in [2.75, 3.05) is 5.75 Å². The lowest BCUT2D eigenvalue weighted by Gasteiger charge is -2.07. The molecule has 0 aromatic carbocycles. The molecule has 0 saturated heterocycles. The first kappa shape index (κ1) is 12.5. The van der Waals surface area contributed by atoms with E-state index in [2.05, 4.69) is 24.9 Å². The molecule has 0 aliphatic carbocycles. The number of thioether (sulfide) groups is 1. The summed E-state index contributed by atoms with van der Waals surface area (Å²) >= 11 is 1.81. The molecule has 2 nitrogen and oxygen atoms in total. The molecular formula is C12H20N2S. The average Bonchev–Trinajstić information content (AvgIpc) is 2.17. The monoisotopic (exact) mass is 224 g/mol. The summed E-state index contributed by atoms with van der Waals surface area (Å²) in [5.74, 6) is 1.89. The van der Waals surface area contributed by atoms with Crippen molar-refractivity contribution in [1.29, 1.82) is 0 Å². The third-order valence-corrected chi connectivity index (χ3v) is 3.19. The second-order valence-corrected chi connectivity index (χ2v) is 5.36. The average molecular weight is 224 g/mol. The van der Waals surface area contributed by atoms with Crippen molar-refractivity contribution in [3.63, 3.8) is 0 Å². The van der Waals surface area contributed by atoms with Crippen molar-refractivity contribution >= 4 is 11.8 Å². The lowest BCUT2D eigenvalue weighted by atomic mass is 10.1. The first-order valence-corrected chi connectivity index (χ1v) is 6.42. The maximum absolute atomic E-state index is 5.82. The van der Waals surface area contributed by atoms with Gasteiger partial charge in [-0.1, -0.05) is 13.8 Å². The molecule has 0 amide bonds. The zero-order valence-electron chi connectivity index (χ0n) is 9.73. The van der Waals surface area contributed by atoms with E-state index < -0.39 is 0 Å². The number of nitrogens with zero attached hydrogens (tertiary/aromatic N) is 1. The number of hydrogen-bond donors (Lipinski definition) is 1. The Balaban J connectivity index is 2.50. The van der Waals surface area contributed by atoms with Gasteiger partial charge in [0.25, 0.3) is 0 Å². The highest BCUT2D eigenvalue weighted by atomic mass is 32.2. The van der Waals surface area contributed by atoms with Gasteiger partial charge in [0.05, 0.1) is 5.03 Å². The van der Waals surface area contributed by atoms with Crippen LogP contribution in [0, 0.1) is 5.92 Å². The summed E-state index contributed by atoms with van der Waals surface area (Å²) in [6.45, 7) is 6.48. The summed E-state index contributed by atoms with van der Waals surface area (Å²) in [6.07, 6.45) is 3.07. The largest absolute Gasteiger partial charge is 0.324 e. The molecule has 1 aromatic rings. The lowest BCUT2D eigenvalue weighted by molar-refractivity contribution is 0.632. The first-order chi connectivity index (χ1) is 7.09. The van der Waals surface area contributed by atoms with Gasteiger partial charge in [0.1, 0.15) is 0 Å². The van der Waals surface area contributed by atoms with Crippen LogP contribution in [-0.4, -0.2) is 10.7 Å². The van der Waals surface area contributed by atoms with Gasteiger partial charge in [-0.05, 0) is 42.7 Å². The Kier molecular flexibility index (Phi) is 5.12. The van der Waals surface area contributed by atoms with E-state index in [1.54, 1.807) is 0 Å². The van der Waals surface area contributed by atoms with E-state index in [1.807, 2.05) is 30.9 Å². The summed E-state index contributed by atoms with van der Waals surface area (Å²) in [7, 11) is 0. The summed E-state index contributed by atoms with van der Waals surface area (Å²) < 4.78 is 0. The minimum absolute atomic E-state index is 0.0949. The summed E-state index contributed by atoms with van der Waals surface area (Å²) in [6, 6.07) is 4.17. The fraction of sp³-hybridized carbons (Fsp3) is 0.583. The van der Waals surface area contributed by atoms with Crippen molar-refractivity contribution < 1.29 is 0 Å². The molecule has 0 aliphatic heterocycles. The number of aromatic nitrogens is 1. The molecule has 84 valence electrons. The van der Waals surface area contributed by atoms with Crippen LogP contribution in [0.1, 0.15) is 38.8 Å². The topological polar surface area (TPSA) is 38.9 Å². The zero-order chi connectivity index (χ0) is 11.3. The molecule has 1 heterocycles. The number of pyridine rings is 1. The Morgan fingerprint density at radius 2 is 2.13 bits per heavy atom. The molecule has 15 heavy (non-hydrogen) atoms. The first-order valence-electron chi connectivity index (χ1n) is 5.44. The molecule has 0 saturated carbocycles. The van der Waals surface area contributed by atoms with Crippen molar-refractivity contribution in [2.45, 2.75) is 38.3 Å².